The molecule has 1 aromatic heterocycles. The van der Waals surface area contributed by atoms with Gasteiger partial charge in [-0.3, -0.25) is 14.3 Å². The SMILES string of the molecule is NCCc1cn(N2C(=O)CCCC2=O)c2ccccc12. The highest BCUT2D eigenvalue weighted by Gasteiger charge is 2.28. The minimum atomic E-state index is -0.138. The predicted molar refractivity (Wildman–Crippen MR) is 76.8 cm³/mol. The van der Waals surface area contributed by atoms with Gasteiger partial charge in [0.25, 0.3) is 0 Å². The van der Waals surface area contributed by atoms with E-state index < -0.39 is 0 Å². The summed E-state index contributed by atoms with van der Waals surface area (Å²) in [6, 6.07) is 7.77. The molecule has 0 unspecified atom stereocenters. The van der Waals surface area contributed by atoms with Crippen LogP contribution in [0.3, 0.4) is 0 Å². The molecular weight excluding hydrogens is 254 g/mol. The second-order valence-electron chi connectivity index (χ2n) is 5.01. The number of carbonyl (C=O) groups is 2. The van der Waals surface area contributed by atoms with E-state index in [9.17, 15) is 9.59 Å². The van der Waals surface area contributed by atoms with Crippen LogP contribution in [0.2, 0.25) is 0 Å². The van der Waals surface area contributed by atoms with Gasteiger partial charge in [0.05, 0.1) is 5.52 Å². The summed E-state index contributed by atoms with van der Waals surface area (Å²) in [7, 11) is 0. The summed E-state index contributed by atoms with van der Waals surface area (Å²) in [5, 5.41) is 2.32. The number of benzene rings is 1. The van der Waals surface area contributed by atoms with Crippen LogP contribution >= 0.6 is 0 Å². The van der Waals surface area contributed by atoms with Gasteiger partial charge in [-0.05, 0) is 31.0 Å². The van der Waals surface area contributed by atoms with Crippen molar-refractivity contribution < 1.29 is 9.59 Å². The van der Waals surface area contributed by atoms with Gasteiger partial charge in [-0.2, -0.15) is 5.01 Å². The number of piperidine rings is 1. The van der Waals surface area contributed by atoms with Crippen molar-refractivity contribution in [2.45, 2.75) is 25.7 Å². The molecule has 1 saturated heterocycles. The Balaban J connectivity index is 2.15. The molecule has 1 fully saturated rings. The lowest BCUT2D eigenvalue weighted by Gasteiger charge is -2.26. The fraction of sp³-hybridized carbons (Fsp3) is 0.333. The molecule has 0 saturated carbocycles. The third kappa shape index (κ3) is 2.00. The lowest BCUT2D eigenvalue weighted by molar-refractivity contribution is -0.131. The summed E-state index contributed by atoms with van der Waals surface area (Å²) in [6.07, 6.45) is 4.07. The van der Waals surface area contributed by atoms with Crippen molar-refractivity contribution >= 4 is 22.7 Å². The molecule has 0 bridgehead atoms. The number of nitrogens with two attached hydrogens (primary N) is 1. The van der Waals surface area contributed by atoms with E-state index in [1.165, 1.54) is 5.01 Å². The van der Waals surface area contributed by atoms with Gasteiger partial charge in [0.2, 0.25) is 11.8 Å². The fourth-order valence-electron chi connectivity index (χ4n) is 2.73. The molecule has 1 aliphatic heterocycles. The van der Waals surface area contributed by atoms with E-state index >= 15 is 0 Å². The van der Waals surface area contributed by atoms with Gasteiger partial charge in [0.1, 0.15) is 0 Å². The van der Waals surface area contributed by atoms with Gasteiger partial charge in [-0.25, -0.2) is 0 Å². The number of hydrogen-bond donors (Lipinski definition) is 1. The molecule has 104 valence electrons. The highest BCUT2D eigenvalue weighted by Crippen LogP contribution is 2.24. The lowest BCUT2D eigenvalue weighted by Crippen LogP contribution is -2.47. The van der Waals surface area contributed by atoms with Crippen LogP contribution in [0.25, 0.3) is 10.9 Å². The highest BCUT2D eigenvalue weighted by molar-refractivity contribution is 6.11. The fourth-order valence-corrected chi connectivity index (χ4v) is 2.73. The van der Waals surface area contributed by atoms with E-state index in [1.54, 1.807) is 4.68 Å². The molecule has 1 aliphatic rings. The zero-order valence-electron chi connectivity index (χ0n) is 11.2. The van der Waals surface area contributed by atoms with Gasteiger partial charge in [-0.1, -0.05) is 18.2 Å². The number of aromatic nitrogens is 1. The van der Waals surface area contributed by atoms with E-state index in [-0.39, 0.29) is 11.8 Å². The summed E-state index contributed by atoms with van der Waals surface area (Å²) in [4.78, 5) is 24.2. The summed E-state index contributed by atoms with van der Waals surface area (Å²) < 4.78 is 1.68. The molecule has 2 heterocycles. The second kappa shape index (κ2) is 5.09. The molecular formula is C15H17N3O2. The molecule has 2 aromatic rings. The van der Waals surface area contributed by atoms with E-state index in [0.717, 1.165) is 22.9 Å². The first kappa shape index (κ1) is 12.9. The zero-order chi connectivity index (χ0) is 14.1. The Bertz CT molecular complexity index is 659. The highest BCUT2D eigenvalue weighted by atomic mass is 16.2. The first-order chi connectivity index (χ1) is 9.72. The molecule has 20 heavy (non-hydrogen) atoms. The van der Waals surface area contributed by atoms with Crippen molar-refractivity contribution in [3.8, 4) is 0 Å². The Kier molecular flexibility index (Phi) is 3.28. The Morgan fingerprint density at radius 2 is 1.80 bits per heavy atom. The first-order valence-corrected chi connectivity index (χ1v) is 6.87. The van der Waals surface area contributed by atoms with E-state index in [2.05, 4.69) is 0 Å². The van der Waals surface area contributed by atoms with Crippen LogP contribution in [-0.4, -0.2) is 23.0 Å². The van der Waals surface area contributed by atoms with Crippen molar-refractivity contribution in [1.29, 1.82) is 0 Å². The summed E-state index contributed by atoms with van der Waals surface area (Å²) in [5.41, 5.74) is 7.58. The molecule has 2 N–H and O–H groups in total. The Morgan fingerprint density at radius 3 is 2.50 bits per heavy atom. The normalized spacial score (nSPS) is 16.1. The van der Waals surface area contributed by atoms with Crippen LogP contribution in [0, 0.1) is 0 Å². The van der Waals surface area contributed by atoms with Gasteiger partial charge in [-0.15, -0.1) is 0 Å². The first-order valence-electron chi connectivity index (χ1n) is 6.87. The van der Waals surface area contributed by atoms with E-state index in [0.29, 0.717) is 25.8 Å². The monoisotopic (exact) mass is 271 g/mol. The maximum atomic E-state index is 12.1. The van der Waals surface area contributed by atoms with Crippen molar-refractivity contribution in [2.75, 3.05) is 11.6 Å². The number of rotatable bonds is 3. The van der Waals surface area contributed by atoms with Crippen LogP contribution in [-0.2, 0) is 16.0 Å². The van der Waals surface area contributed by atoms with E-state index in [4.69, 9.17) is 5.73 Å². The van der Waals surface area contributed by atoms with Crippen LogP contribution in [0.5, 0.6) is 0 Å². The number of carbonyl (C=O) groups excluding carboxylic acids is 2. The quantitative estimate of drug-likeness (QED) is 0.856. The topological polar surface area (TPSA) is 68.3 Å². The summed E-state index contributed by atoms with van der Waals surface area (Å²) in [6.45, 7) is 0.538. The second-order valence-corrected chi connectivity index (χ2v) is 5.01. The number of para-hydroxylation sites is 1. The Labute approximate surface area is 116 Å². The van der Waals surface area contributed by atoms with Crippen molar-refractivity contribution in [1.82, 2.24) is 4.68 Å². The molecule has 0 atom stereocenters. The molecule has 5 heteroatoms. The molecule has 0 spiro atoms. The van der Waals surface area contributed by atoms with Gasteiger partial charge < -0.3 is 5.73 Å². The third-order valence-corrected chi connectivity index (χ3v) is 3.66. The van der Waals surface area contributed by atoms with Crippen LogP contribution < -0.4 is 10.7 Å². The lowest BCUT2D eigenvalue weighted by atomic mass is 10.1. The van der Waals surface area contributed by atoms with Crippen LogP contribution in [0.1, 0.15) is 24.8 Å². The number of hydrogen-bond acceptors (Lipinski definition) is 3. The maximum Gasteiger partial charge on any atom is 0.248 e. The number of amides is 2. The number of nitrogens with zero attached hydrogens (tertiary/aromatic N) is 2. The van der Waals surface area contributed by atoms with Crippen LogP contribution in [0.4, 0.5) is 0 Å². The van der Waals surface area contributed by atoms with Crippen LogP contribution in [0.15, 0.2) is 30.5 Å². The predicted octanol–water partition coefficient (Wildman–Crippen LogP) is 1.32. The molecule has 1 aromatic carbocycles. The molecule has 0 aliphatic carbocycles. The average Bonchev–Trinajstić information content (AvgIpc) is 2.79. The minimum Gasteiger partial charge on any atom is -0.330 e. The molecule has 5 nitrogen and oxygen atoms in total. The summed E-state index contributed by atoms with van der Waals surface area (Å²) in [5.74, 6) is -0.275. The Morgan fingerprint density at radius 1 is 1.10 bits per heavy atom. The molecule has 0 radical (unpaired) electrons. The van der Waals surface area contributed by atoms with E-state index in [1.807, 2.05) is 30.5 Å². The number of fused-ring (bicyclic) bond motifs is 1. The maximum absolute atomic E-state index is 12.1. The van der Waals surface area contributed by atoms with Gasteiger partial charge in [0.15, 0.2) is 0 Å². The summed E-state index contributed by atoms with van der Waals surface area (Å²) >= 11 is 0. The van der Waals surface area contributed by atoms with Crippen molar-refractivity contribution in [3.05, 3.63) is 36.0 Å². The van der Waals surface area contributed by atoms with Crippen molar-refractivity contribution in [2.24, 2.45) is 5.73 Å². The van der Waals surface area contributed by atoms with Gasteiger partial charge >= 0.3 is 0 Å². The molecule has 2 amide bonds. The average molecular weight is 271 g/mol. The van der Waals surface area contributed by atoms with Gasteiger partial charge in [0, 0.05) is 24.4 Å². The smallest absolute Gasteiger partial charge is 0.248 e. The standard InChI is InChI=1S/C15H17N3O2/c16-9-8-11-10-17(13-5-2-1-4-12(11)13)18-14(19)6-3-7-15(18)20/h1-2,4-5,10H,3,6-9,16H2. The van der Waals surface area contributed by atoms with Crippen molar-refractivity contribution in [3.63, 3.8) is 0 Å². The molecule has 3 rings (SSSR count). The third-order valence-electron chi connectivity index (χ3n) is 3.66. The largest absolute Gasteiger partial charge is 0.330 e. The zero-order valence-corrected chi connectivity index (χ0v) is 11.2. The minimum absolute atomic E-state index is 0.138. The number of imide groups is 1. The Hall–Kier alpha value is -2.14.